The van der Waals surface area contributed by atoms with Crippen LogP contribution in [0.25, 0.3) is 28.1 Å². The van der Waals surface area contributed by atoms with Gasteiger partial charge in [-0.15, -0.1) is 0 Å². The van der Waals surface area contributed by atoms with Gasteiger partial charge in [-0.25, -0.2) is 4.79 Å². The van der Waals surface area contributed by atoms with Crippen LogP contribution in [0, 0.1) is 0 Å². The smallest absolute Gasteiger partial charge is 0.330 e. The lowest BCUT2D eigenvalue weighted by Crippen LogP contribution is -2.02. The number of fused-ring (bicyclic) bond motifs is 1. The second-order valence-corrected chi connectivity index (χ2v) is 6.16. The number of carbonyl (C=O) groups is 1. The molecule has 0 N–H and O–H groups in total. The minimum atomic E-state index is -0.345. The Labute approximate surface area is 159 Å². The summed E-state index contributed by atoms with van der Waals surface area (Å²) in [5, 5.41) is 2.03. The number of hydrogen-bond donors (Lipinski definition) is 0. The largest absolute Gasteiger partial charge is 0.496 e. The van der Waals surface area contributed by atoms with Crippen molar-refractivity contribution in [2.75, 3.05) is 13.7 Å². The Balaban J connectivity index is 2.07. The molecule has 0 radical (unpaired) electrons. The first-order valence-corrected chi connectivity index (χ1v) is 9.10. The molecule has 0 amide bonds. The zero-order chi connectivity index (χ0) is 19.1. The molecular formula is C23H23NO3. The van der Waals surface area contributed by atoms with E-state index in [1.165, 1.54) is 6.08 Å². The topological polar surface area (TPSA) is 48.4 Å². The number of esters is 1. The fourth-order valence-electron chi connectivity index (χ4n) is 2.93. The summed E-state index contributed by atoms with van der Waals surface area (Å²) >= 11 is 0. The van der Waals surface area contributed by atoms with Crippen LogP contribution in [0.3, 0.4) is 0 Å². The van der Waals surface area contributed by atoms with Crippen LogP contribution in [0.15, 0.2) is 60.8 Å². The molecule has 0 fully saturated rings. The van der Waals surface area contributed by atoms with E-state index >= 15 is 0 Å². The van der Waals surface area contributed by atoms with Gasteiger partial charge in [-0.1, -0.05) is 49.7 Å². The van der Waals surface area contributed by atoms with Gasteiger partial charge in [0.15, 0.2) is 0 Å². The molecule has 1 heterocycles. The SMILES string of the molecule is CCCCOC(=O)/C=C/c1c(-c2ccccc2OC)ncc2ccccc12. The third-order valence-electron chi connectivity index (χ3n) is 4.33. The van der Waals surface area contributed by atoms with E-state index in [0.29, 0.717) is 6.61 Å². The molecule has 0 spiro atoms. The lowest BCUT2D eigenvalue weighted by atomic mass is 9.99. The number of benzene rings is 2. The summed E-state index contributed by atoms with van der Waals surface area (Å²) in [5.41, 5.74) is 2.51. The van der Waals surface area contributed by atoms with Gasteiger partial charge >= 0.3 is 5.97 Å². The normalized spacial score (nSPS) is 11.0. The fourth-order valence-corrected chi connectivity index (χ4v) is 2.93. The number of hydrogen-bond acceptors (Lipinski definition) is 4. The first-order chi connectivity index (χ1) is 13.2. The van der Waals surface area contributed by atoms with E-state index in [1.54, 1.807) is 13.2 Å². The summed E-state index contributed by atoms with van der Waals surface area (Å²) in [7, 11) is 1.64. The average molecular weight is 361 g/mol. The third kappa shape index (κ3) is 4.34. The van der Waals surface area contributed by atoms with E-state index in [4.69, 9.17) is 9.47 Å². The molecule has 3 aromatic rings. The van der Waals surface area contributed by atoms with Crippen LogP contribution in [-0.2, 0) is 9.53 Å². The lowest BCUT2D eigenvalue weighted by molar-refractivity contribution is -0.137. The van der Waals surface area contributed by atoms with Gasteiger partial charge < -0.3 is 9.47 Å². The summed E-state index contributed by atoms with van der Waals surface area (Å²) in [5.74, 6) is 0.391. The molecule has 138 valence electrons. The van der Waals surface area contributed by atoms with Crippen LogP contribution in [0.4, 0.5) is 0 Å². The molecule has 3 rings (SSSR count). The van der Waals surface area contributed by atoms with Crippen molar-refractivity contribution < 1.29 is 14.3 Å². The van der Waals surface area contributed by atoms with Crippen molar-refractivity contribution >= 4 is 22.8 Å². The van der Waals surface area contributed by atoms with Gasteiger partial charge in [-0.05, 0) is 30.0 Å². The van der Waals surface area contributed by atoms with Gasteiger partial charge in [0.1, 0.15) is 5.75 Å². The van der Waals surface area contributed by atoms with Gasteiger partial charge in [-0.3, -0.25) is 4.98 Å². The minimum Gasteiger partial charge on any atom is -0.496 e. The highest BCUT2D eigenvalue weighted by Gasteiger charge is 2.13. The predicted molar refractivity (Wildman–Crippen MR) is 109 cm³/mol. The number of methoxy groups -OCH3 is 1. The molecule has 0 atom stereocenters. The maximum Gasteiger partial charge on any atom is 0.330 e. The van der Waals surface area contributed by atoms with Crippen LogP contribution in [0.1, 0.15) is 25.3 Å². The lowest BCUT2D eigenvalue weighted by Gasteiger charge is -2.12. The fraction of sp³-hybridized carbons (Fsp3) is 0.217. The number of pyridine rings is 1. The van der Waals surface area contributed by atoms with E-state index in [-0.39, 0.29) is 5.97 Å². The van der Waals surface area contributed by atoms with E-state index < -0.39 is 0 Å². The molecule has 2 aromatic carbocycles. The van der Waals surface area contributed by atoms with Crippen LogP contribution in [0.5, 0.6) is 5.75 Å². The maximum absolute atomic E-state index is 12.0. The molecule has 0 saturated carbocycles. The Morgan fingerprint density at radius 1 is 1.11 bits per heavy atom. The summed E-state index contributed by atoms with van der Waals surface area (Å²) in [6.07, 6.45) is 6.95. The van der Waals surface area contributed by atoms with Crippen molar-refractivity contribution in [2.24, 2.45) is 0 Å². The number of nitrogens with zero attached hydrogens (tertiary/aromatic N) is 1. The molecule has 27 heavy (non-hydrogen) atoms. The van der Waals surface area contributed by atoms with Crippen molar-refractivity contribution in [1.82, 2.24) is 4.98 Å². The first kappa shape index (κ1) is 18.6. The highest BCUT2D eigenvalue weighted by Crippen LogP contribution is 2.34. The Bertz CT molecular complexity index is 963. The summed E-state index contributed by atoms with van der Waals surface area (Å²) < 4.78 is 10.7. The van der Waals surface area contributed by atoms with Gasteiger partial charge in [0.05, 0.1) is 19.4 Å². The molecule has 0 aliphatic rings. The van der Waals surface area contributed by atoms with Gasteiger partial charge in [0.2, 0.25) is 0 Å². The highest BCUT2D eigenvalue weighted by molar-refractivity contribution is 5.99. The van der Waals surface area contributed by atoms with Crippen molar-refractivity contribution in [3.05, 3.63) is 66.4 Å². The van der Waals surface area contributed by atoms with Gasteiger partial charge in [0.25, 0.3) is 0 Å². The molecule has 4 nitrogen and oxygen atoms in total. The highest BCUT2D eigenvalue weighted by atomic mass is 16.5. The molecule has 0 aliphatic heterocycles. The van der Waals surface area contributed by atoms with E-state index in [1.807, 2.05) is 54.7 Å². The Morgan fingerprint density at radius 2 is 1.89 bits per heavy atom. The number of carbonyl (C=O) groups excluding carboxylic acids is 1. The van der Waals surface area contributed by atoms with E-state index in [2.05, 4.69) is 11.9 Å². The minimum absolute atomic E-state index is 0.345. The Morgan fingerprint density at radius 3 is 2.70 bits per heavy atom. The van der Waals surface area contributed by atoms with Crippen molar-refractivity contribution in [3.8, 4) is 17.0 Å². The van der Waals surface area contributed by atoms with Gasteiger partial charge in [0, 0.05) is 28.8 Å². The Hall–Kier alpha value is -3.14. The van der Waals surface area contributed by atoms with Crippen molar-refractivity contribution in [2.45, 2.75) is 19.8 Å². The van der Waals surface area contributed by atoms with Crippen LogP contribution in [0.2, 0.25) is 0 Å². The number of para-hydroxylation sites is 1. The van der Waals surface area contributed by atoms with Crippen LogP contribution < -0.4 is 4.74 Å². The molecule has 0 aliphatic carbocycles. The van der Waals surface area contributed by atoms with Crippen LogP contribution in [-0.4, -0.2) is 24.7 Å². The quantitative estimate of drug-likeness (QED) is 0.327. The first-order valence-electron chi connectivity index (χ1n) is 9.10. The molecule has 1 aromatic heterocycles. The summed E-state index contributed by atoms with van der Waals surface area (Å²) in [4.78, 5) is 16.7. The zero-order valence-electron chi connectivity index (χ0n) is 15.6. The van der Waals surface area contributed by atoms with Crippen LogP contribution >= 0.6 is 0 Å². The standard InChI is InChI=1S/C23H23NO3/c1-3-4-15-27-22(25)14-13-19-18-10-6-5-9-17(18)16-24-23(19)20-11-7-8-12-21(20)26-2/h5-14,16H,3-4,15H2,1-2H3/b14-13+. The molecule has 4 heteroatoms. The molecular weight excluding hydrogens is 338 g/mol. The third-order valence-corrected chi connectivity index (χ3v) is 4.33. The number of aromatic nitrogens is 1. The van der Waals surface area contributed by atoms with E-state index in [0.717, 1.165) is 46.2 Å². The van der Waals surface area contributed by atoms with Crippen molar-refractivity contribution in [1.29, 1.82) is 0 Å². The number of ether oxygens (including phenoxy) is 2. The number of rotatable bonds is 7. The monoisotopic (exact) mass is 361 g/mol. The maximum atomic E-state index is 12.0. The average Bonchev–Trinajstić information content (AvgIpc) is 2.72. The molecule has 0 saturated heterocycles. The zero-order valence-corrected chi connectivity index (χ0v) is 15.6. The molecule has 0 bridgehead atoms. The number of unbranched alkanes of at least 4 members (excludes halogenated alkanes) is 1. The summed E-state index contributed by atoms with van der Waals surface area (Å²) in [6, 6.07) is 15.7. The van der Waals surface area contributed by atoms with E-state index in [9.17, 15) is 4.79 Å². The predicted octanol–water partition coefficient (Wildman–Crippen LogP) is 5.27. The second kappa shape index (κ2) is 8.99. The second-order valence-electron chi connectivity index (χ2n) is 6.16. The summed E-state index contributed by atoms with van der Waals surface area (Å²) in [6.45, 7) is 2.50. The van der Waals surface area contributed by atoms with Gasteiger partial charge in [-0.2, -0.15) is 0 Å². The Kier molecular flexibility index (Phi) is 6.21. The van der Waals surface area contributed by atoms with Crippen molar-refractivity contribution in [3.63, 3.8) is 0 Å². The molecule has 0 unspecified atom stereocenters.